The predicted molar refractivity (Wildman–Crippen MR) is 94.5 cm³/mol. The maximum atomic E-state index is 12.4. The molecule has 8 nitrogen and oxygen atoms in total. The lowest BCUT2D eigenvalue weighted by Crippen LogP contribution is -2.70. The fraction of sp³-hybridized carbons (Fsp3) is 0.600. The van der Waals surface area contributed by atoms with Crippen LogP contribution in [0.5, 0.6) is 0 Å². The van der Waals surface area contributed by atoms with Gasteiger partial charge in [0, 0.05) is 4.75 Å². The highest BCUT2D eigenvalue weighted by Gasteiger charge is 2.66. The van der Waals surface area contributed by atoms with Crippen LogP contribution in [-0.2, 0) is 14.2 Å². The van der Waals surface area contributed by atoms with E-state index < -0.39 is 47.4 Å². The fourth-order valence-electron chi connectivity index (χ4n) is 3.56. The number of nitrogens with one attached hydrogen (secondary N) is 1. The number of nitrogens with two attached hydrogens (primary N) is 1. The second-order valence-corrected chi connectivity index (χ2v) is 10.4. The molecule has 2 heterocycles. The Morgan fingerprint density at radius 3 is 2.72 bits per heavy atom. The molecule has 0 bridgehead atoms. The van der Waals surface area contributed by atoms with Gasteiger partial charge in [0.1, 0.15) is 23.2 Å². The van der Waals surface area contributed by atoms with Crippen molar-refractivity contribution in [3.05, 3.63) is 23.8 Å². The third kappa shape index (κ3) is 3.19. The van der Waals surface area contributed by atoms with Crippen LogP contribution < -0.4 is 11.1 Å². The SMILES string of the molecule is CC1(C)S[C@@H]2C(NC(=O)[C@H](N)C3=CCC=CC3)C(=O)N2C1P(=O)(O)O. The topological polar surface area (TPSA) is 133 Å². The van der Waals surface area contributed by atoms with Gasteiger partial charge in [-0.15, -0.1) is 11.8 Å². The Balaban J connectivity index is 1.70. The third-order valence-electron chi connectivity index (χ3n) is 4.72. The largest absolute Gasteiger partial charge is 0.349 e. The maximum absolute atomic E-state index is 12.4. The standard InChI is InChI=1S/C15H22N3O5PS/c1-15(2)14(24(21,22)23)18-12(20)10(13(18)25-15)17-11(19)9(16)8-6-4-3-5-7-8/h3-4,7,9-10,13-14H,5-6,16H2,1-2H3,(H,17,19)(H2,21,22,23)/t9-,10?,13-,14?/m1/s1. The van der Waals surface area contributed by atoms with E-state index in [2.05, 4.69) is 5.32 Å². The minimum Gasteiger partial charge on any atom is -0.340 e. The van der Waals surface area contributed by atoms with Gasteiger partial charge in [0.15, 0.2) is 0 Å². The summed E-state index contributed by atoms with van der Waals surface area (Å²) in [5.41, 5.74) is 6.78. The van der Waals surface area contributed by atoms with E-state index in [4.69, 9.17) is 5.73 Å². The fourth-order valence-corrected chi connectivity index (χ4v) is 7.16. The van der Waals surface area contributed by atoms with E-state index in [-0.39, 0.29) is 0 Å². The molecule has 3 rings (SSSR count). The van der Waals surface area contributed by atoms with Crippen LogP contribution >= 0.6 is 19.4 Å². The van der Waals surface area contributed by atoms with Crippen LogP contribution in [0.3, 0.4) is 0 Å². The highest BCUT2D eigenvalue weighted by atomic mass is 32.2. The second kappa shape index (κ2) is 6.25. The first-order chi connectivity index (χ1) is 11.5. The number of hydrogen-bond donors (Lipinski definition) is 4. The van der Waals surface area contributed by atoms with Crippen LogP contribution in [0.25, 0.3) is 0 Å². The summed E-state index contributed by atoms with van der Waals surface area (Å²) in [6.45, 7) is 3.38. The maximum Gasteiger partial charge on any atom is 0.349 e. The van der Waals surface area contributed by atoms with Gasteiger partial charge in [-0.3, -0.25) is 14.2 Å². The minimum absolute atomic E-state index is 0.447. The molecule has 2 amide bonds. The van der Waals surface area contributed by atoms with Gasteiger partial charge in [0.05, 0.1) is 0 Å². The Labute approximate surface area is 150 Å². The zero-order chi connectivity index (χ0) is 18.6. The first-order valence-electron chi connectivity index (χ1n) is 7.99. The summed E-state index contributed by atoms with van der Waals surface area (Å²) >= 11 is 1.29. The second-order valence-electron chi connectivity index (χ2n) is 6.97. The number of amides is 2. The summed E-state index contributed by atoms with van der Waals surface area (Å²) in [6.07, 6.45) is 7.16. The minimum atomic E-state index is -4.49. The highest BCUT2D eigenvalue weighted by Crippen LogP contribution is 2.62. The van der Waals surface area contributed by atoms with E-state index >= 15 is 0 Å². The molecule has 1 aliphatic carbocycles. The summed E-state index contributed by atoms with van der Waals surface area (Å²) in [6, 6.07) is -1.64. The number of hydrogen-bond acceptors (Lipinski definition) is 5. The van der Waals surface area contributed by atoms with Gasteiger partial charge < -0.3 is 25.7 Å². The number of β-lactam (4-membered cyclic amide) rings is 1. The summed E-state index contributed by atoms with van der Waals surface area (Å²) in [5, 5.41) is 2.16. The first kappa shape index (κ1) is 18.7. The van der Waals surface area contributed by atoms with Crippen molar-refractivity contribution in [3.8, 4) is 0 Å². The van der Waals surface area contributed by atoms with Crippen molar-refractivity contribution >= 4 is 31.2 Å². The summed E-state index contributed by atoms with van der Waals surface area (Å²) in [5.74, 6) is -2.11. The van der Waals surface area contributed by atoms with Crippen LogP contribution in [0.15, 0.2) is 23.8 Å². The van der Waals surface area contributed by atoms with Gasteiger partial charge in [-0.1, -0.05) is 18.2 Å². The number of carbonyl (C=O) groups is 2. The molecule has 5 N–H and O–H groups in total. The third-order valence-corrected chi connectivity index (χ3v) is 8.00. The van der Waals surface area contributed by atoms with E-state index in [9.17, 15) is 23.9 Å². The van der Waals surface area contributed by atoms with Crippen LogP contribution in [0, 0.1) is 0 Å². The van der Waals surface area contributed by atoms with E-state index in [1.54, 1.807) is 13.8 Å². The molecule has 0 aromatic rings. The highest BCUT2D eigenvalue weighted by molar-refractivity contribution is 8.02. The molecular weight excluding hydrogens is 365 g/mol. The van der Waals surface area contributed by atoms with E-state index in [1.165, 1.54) is 16.7 Å². The number of thioether (sulfide) groups is 1. The molecule has 138 valence electrons. The van der Waals surface area contributed by atoms with Gasteiger partial charge in [0.2, 0.25) is 11.8 Å². The van der Waals surface area contributed by atoms with Crippen molar-refractivity contribution in [1.82, 2.24) is 10.2 Å². The molecule has 2 fully saturated rings. The van der Waals surface area contributed by atoms with E-state index in [0.29, 0.717) is 6.42 Å². The Morgan fingerprint density at radius 1 is 1.48 bits per heavy atom. The van der Waals surface area contributed by atoms with Crippen molar-refractivity contribution in [2.75, 3.05) is 0 Å². The average molecular weight is 387 g/mol. The molecule has 2 aliphatic heterocycles. The number of rotatable bonds is 4. The molecule has 0 radical (unpaired) electrons. The van der Waals surface area contributed by atoms with E-state index in [1.807, 2.05) is 18.2 Å². The smallest absolute Gasteiger partial charge is 0.340 e. The summed E-state index contributed by atoms with van der Waals surface area (Å²) in [4.78, 5) is 45.2. The number of carbonyl (C=O) groups excluding carboxylic acids is 2. The van der Waals surface area contributed by atoms with Crippen molar-refractivity contribution in [3.63, 3.8) is 0 Å². The molecule has 0 saturated carbocycles. The zero-order valence-electron chi connectivity index (χ0n) is 14.0. The first-order valence-corrected chi connectivity index (χ1v) is 10.6. The van der Waals surface area contributed by atoms with Crippen molar-refractivity contribution in [2.45, 2.75) is 54.7 Å². The quantitative estimate of drug-likeness (QED) is 0.309. The number of nitrogens with zero attached hydrogens (tertiary/aromatic N) is 1. The molecule has 4 atom stereocenters. The lowest BCUT2D eigenvalue weighted by Gasteiger charge is -2.44. The lowest BCUT2D eigenvalue weighted by molar-refractivity contribution is -0.149. The molecule has 0 aromatic heterocycles. The molecule has 0 aromatic carbocycles. The lowest BCUT2D eigenvalue weighted by atomic mass is 9.97. The van der Waals surface area contributed by atoms with Crippen molar-refractivity contribution in [2.24, 2.45) is 5.73 Å². The summed E-state index contributed by atoms with van der Waals surface area (Å²) < 4.78 is 11.0. The van der Waals surface area contributed by atoms with Crippen LogP contribution in [0.4, 0.5) is 0 Å². The molecule has 2 unspecified atom stereocenters. The van der Waals surface area contributed by atoms with Gasteiger partial charge in [0.25, 0.3) is 0 Å². The van der Waals surface area contributed by atoms with Gasteiger partial charge in [-0.25, -0.2) is 0 Å². The molecule has 3 aliphatic rings. The normalized spacial score (nSPS) is 31.9. The Kier molecular flexibility index (Phi) is 4.66. The molecule has 2 saturated heterocycles. The molecule has 10 heteroatoms. The Hall–Kier alpha value is -1.12. The van der Waals surface area contributed by atoms with Crippen molar-refractivity contribution in [1.29, 1.82) is 0 Å². The number of allylic oxidation sites excluding steroid dienone is 3. The van der Waals surface area contributed by atoms with Gasteiger partial charge >= 0.3 is 7.60 Å². The Bertz CT molecular complexity index is 716. The monoisotopic (exact) mass is 387 g/mol. The average Bonchev–Trinajstić information content (AvgIpc) is 2.80. The van der Waals surface area contributed by atoms with Crippen molar-refractivity contribution < 1.29 is 23.9 Å². The van der Waals surface area contributed by atoms with Crippen LogP contribution in [-0.4, -0.2) is 54.5 Å². The molecule has 25 heavy (non-hydrogen) atoms. The Morgan fingerprint density at radius 2 is 2.16 bits per heavy atom. The predicted octanol–water partition coefficient (Wildman–Crippen LogP) is 0.272. The van der Waals surface area contributed by atoms with E-state index in [0.717, 1.165) is 12.0 Å². The van der Waals surface area contributed by atoms with Crippen LogP contribution in [0.2, 0.25) is 0 Å². The number of fused-ring (bicyclic) bond motifs is 1. The zero-order valence-corrected chi connectivity index (χ0v) is 15.7. The molecular formula is C15H22N3O5PS. The van der Waals surface area contributed by atoms with Gasteiger partial charge in [-0.2, -0.15) is 0 Å². The van der Waals surface area contributed by atoms with Gasteiger partial charge in [-0.05, 0) is 32.3 Å². The summed E-state index contributed by atoms with van der Waals surface area (Å²) in [7, 11) is -4.49. The van der Waals surface area contributed by atoms with Crippen LogP contribution in [0.1, 0.15) is 26.7 Å². The molecule has 0 spiro atoms.